The summed E-state index contributed by atoms with van der Waals surface area (Å²) in [5.74, 6) is 0.836. The molecule has 1 aromatic heterocycles. The number of methoxy groups -OCH3 is 1. The Balaban J connectivity index is 1.34. The van der Waals surface area contributed by atoms with E-state index in [1.165, 1.54) is 29.0 Å². The summed E-state index contributed by atoms with van der Waals surface area (Å²) in [7, 11) is 1.60. The van der Waals surface area contributed by atoms with Crippen molar-refractivity contribution < 1.29 is 13.9 Å². The molecule has 5 nitrogen and oxygen atoms in total. The quantitative estimate of drug-likeness (QED) is 0.203. The number of hydrogen-bond donors (Lipinski definition) is 0. The number of halogens is 2. The normalized spacial score (nSPS) is 15.8. The molecule has 2 aliphatic rings. The summed E-state index contributed by atoms with van der Waals surface area (Å²) in [6, 6.07) is 28.1. The van der Waals surface area contributed by atoms with Gasteiger partial charge in [-0.05, 0) is 86.9 Å². The van der Waals surface area contributed by atoms with Crippen molar-refractivity contribution in [2.45, 2.75) is 25.5 Å². The fourth-order valence-electron chi connectivity index (χ4n) is 5.81. The van der Waals surface area contributed by atoms with Crippen LogP contribution >= 0.6 is 27.3 Å². The van der Waals surface area contributed by atoms with Crippen molar-refractivity contribution in [3.8, 4) is 11.5 Å². The van der Waals surface area contributed by atoms with Gasteiger partial charge in [0.2, 0.25) is 0 Å². The highest BCUT2D eigenvalue weighted by Crippen LogP contribution is 2.41. The van der Waals surface area contributed by atoms with Crippen LogP contribution < -0.4 is 24.4 Å². The second kappa shape index (κ2) is 11.4. The average Bonchev–Trinajstić information content (AvgIpc) is 3.34. The highest BCUT2D eigenvalue weighted by atomic mass is 79.9. The van der Waals surface area contributed by atoms with Gasteiger partial charge < -0.3 is 9.47 Å². The van der Waals surface area contributed by atoms with Crippen LogP contribution in [0.5, 0.6) is 11.5 Å². The number of aryl methyl sites for hydroxylation is 1. The van der Waals surface area contributed by atoms with E-state index in [9.17, 15) is 9.18 Å². The summed E-state index contributed by atoms with van der Waals surface area (Å²) >= 11 is 5.00. The van der Waals surface area contributed by atoms with Gasteiger partial charge in [0.05, 0.1) is 27.9 Å². The molecule has 1 atom stereocenters. The molecule has 0 fully saturated rings. The number of aromatic nitrogens is 1. The number of nitrogens with zero attached hydrogens (tertiary/aromatic N) is 2. The van der Waals surface area contributed by atoms with Gasteiger partial charge in [-0.25, -0.2) is 9.38 Å². The first-order valence-corrected chi connectivity index (χ1v) is 15.5. The molecular weight excluding hydrogens is 627 g/mol. The van der Waals surface area contributed by atoms with Gasteiger partial charge in [-0.15, -0.1) is 0 Å². The zero-order chi connectivity index (χ0) is 29.5. The van der Waals surface area contributed by atoms with Crippen LogP contribution in [0.25, 0.3) is 11.8 Å². The number of hydrogen-bond acceptors (Lipinski definition) is 5. The summed E-state index contributed by atoms with van der Waals surface area (Å²) in [6.07, 6.45) is 3.49. The van der Waals surface area contributed by atoms with Gasteiger partial charge in [0, 0.05) is 5.56 Å². The zero-order valence-electron chi connectivity index (χ0n) is 23.2. The number of allylic oxidation sites excluding steroid dienone is 1. The molecule has 7 rings (SSSR count). The number of thiazole rings is 1. The van der Waals surface area contributed by atoms with Gasteiger partial charge in [-0.3, -0.25) is 9.36 Å². The monoisotopic (exact) mass is 652 g/mol. The summed E-state index contributed by atoms with van der Waals surface area (Å²) in [5.41, 5.74) is 6.88. The summed E-state index contributed by atoms with van der Waals surface area (Å²) < 4.78 is 28.7. The maximum atomic E-state index is 14.1. The Bertz CT molecular complexity index is 2070. The Hall–Kier alpha value is -4.27. The second-order valence-corrected chi connectivity index (χ2v) is 12.3. The molecule has 0 saturated heterocycles. The van der Waals surface area contributed by atoms with Crippen molar-refractivity contribution in [1.29, 1.82) is 0 Å². The van der Waals surface area contributed by atoms with Crippen molar-refractivity contribution in [1.82, 2.24) is 4.57 Å². The first kappa shape index (κ1) is 27.6. The lowest BCUT2D eigenvalue weighted by Crippen LogP contribution is -2.38. The molecule has 2 heterocycles. The van der Waals surface area contributed by atoms with Crippen LogP contribution in [0.15, 0.2) is 111 Å². The fraction of sp³-hybridized carbons (Fsp3) is 0.143. The van der Waals surface area contributed by atoms with Crippen LogP contribution in [-0.4, -0.2) is 11.7 Å². The number of ether oxygens (including phenoxy) is 2. The molecule has 214 valence electrons. The molecule has 5 aromatic rings. The van der Waals surface area contributed by atoms with Crippen LogP contribution in [0.4, 0.5) is 4.39 Å². The molecule has 0 bridgehead atoms. The minimum Gasteiger partial charge on any atom is -0.493 e. The highest BCUT2D eigenvalue weighted by molar-refractivity contribution is 9.10. The minimum absolute atomic E-state index is 0.136. The van der Waals surface area contributed by atoms with Crippen LogP contribution in [0, 0.1) is 5.82 Å². The lowest BCUT2D eigenvalue weighted by Gasteiger charge is -2.30. The van der Waals surface area contributed by atoms with Gasteiger partial charge in [0.1, 0.15) is 12.4 Å². The Kier molecular flexibility index (Phi) is 7.33. The molecule has 0 spiro atoms. The SMILES string of the molecule is COc1cc(/C=c2/sc3n(c2=O)[C@H](c2ccc(F)cc2)C2=C(N=3)c3ccccc3CC2)cc(Br)c1OCc1ccccc1. The molecule has 1 aliphatic carbocycles. The van der Waals surface area contributed by atoms with Crippen molar-refractivity contribution in [3.05, 3.63) is 154 Å². The molecule has 4 aromatic carbocycles. The van der Waals surface area contributed by atoms with Gasteiger partial charge in [-0.1, -0.05) is 78.1 Å². The van der Waals surface area contributed by atoms with Gasteiger partial charge in [-0.2, -0.15) is 0 Å². The lowest BCUT2D eigenvalue weighted by molar-refractivity contribution is 0.282. The first-order chi connectivity index (χ1) is 21.0. The highest BCUT2D eigenvalue weighted by Gasteiger charge is 2.32. The van der Waals surface area contributed by atoms with E-state index in [0.717, 1.165) is 50.8 Å². The Labute approximate surface area is 260 Å². The molecule has 0 unspecified atom stereocenters. The van der Waals surface area contributed by atoms with Gasteiger partial charge in [0.25, 0.3) is 5.56 Å². The van der Waals surface area contributed by atoms with E-state index in [1.54, 1.807) is 23.8 Å². The lowest BCUT2D eigenvalue weighted by atomic mass is 9.83. The third kappa shape index (κ3) is 5.15. The molecular formula is C35H26BrFN2O3S. The summed E-state index contributed by atoms with van der Waals surface area (Å²) in [6.45, 7) is 0.394. The van der Waals surface area contributed by atoms with E-state index in [4.69, 9.17) is 14.5 Å². The van der Waals surface area contributed by atoms with Crippen molar-refractivity contribution in [3.63, 3.8) is 0 Å². The van der Waals surface area contributed by atoms with E-state index >= 15 is 0 Å². The fourth-order valence-corrected chi connectivity index (χ4v) is 7.39. The van der Waals surface area contributed by atoms with E-state index in [0.29, 0.717) is 27.4 Å². The Morgan fingerprint density at radius 2 is 1.79 bits per heavy atom. The maximum absolute atomic E-state index is 14.1. The number of fused-ring (bicyclic) bond motifs is 3. The van der Waals surface area contributed by atoms with E-state index in [-0.39, 0.29) is 17.4 Å². The average molecular weight is 654 g/mol. The maximum Gasteiger partial charge on any atom is 0.271 e. The van der Waals surface area contributed by atoms with Crippen LogP contribution in [0.3, 0.4) is 0 Å². The third-order valence-corrected chi connectivity index (χ3v) is 9.41. The Morgan fingerprint density at radius 1 is 1.02 bits per heavy atom. The summed E-state index contributed by atoms with van der Waals surface area (Å²) in [5, 5.41) is 0. The molecule has 8 heteroatoms. The van der Waals surface area contributed by atoms with E-state index < -0.39 is 0 Å². The van der Waals surface area contributed by atoms with Crippen LogP contribution in [0.2, 0.25) is 0 Å². The predicted molar refractivity (Wildman–Crippen MR) is 171 cm³/mol. The number of rotatable bonds is 6. The first-order valence-electron chi connectivity index (χ1n) is 13.9. The van der Waals surface area contributed by atoms with Crippen LogP contribution in [0.1, 0.15) is 40.3 Å². The molecule has 0 saturated carbocycles. The molecule has 0 N–H and O–H groups in total. The van der Waals surface area contributed by atoms with E-state index in [1.807, 2.05) is 60.7 Å². The van der Waals surface area contributed by atoms with Crippen molar-refractivity contribution in [2.24, 2.45) is 4.99 Å². The Morgan fingerprint density at radius 3 is 2.58 bits per heavy atom. The third-order valence-electron chi connectivity index (χ3n) is 7.83. The number of benzene rings is 4. The van der Waals surface area contributed by atoms with Crippen molar-refractivity contribution in [2.75, 3.05) is 7.11 Å². The zero-order valence-corrected chi connectivity index (χ0v) is 25.6. The molecule has 0 radical (unpaired) electrons. The van der Waals surface area contributed by atoms with Gasteiger partial charge >= 0.3 is 0 Å². The molecule has 0 amide bonds. The summed E-state index contributed by atoms with van der Waals surface area (Å²) in [4.78, 5) is 19.7. The topological polar surface area (TPSA) is 52.8 Å². The minimum atomic E-state index is -0.364. The second-order valence-electron chi connectivity index (χ2n) is 10.5. The largest absolute Gasteiger partial charge is 0.493 e. The smallest absolute Gasteiger partial charge is 0.271 e. The molecule has 43 heavy (non-hydrogen) atoms. The molecule has 1 aliphatic heterocycles. The van der Waals surface area contributed by atoms with Crippen molar-refractivity contribution >= 4 is 39.0 Å². The van der Waals surface area contributed by atoms with E-state index in [2.05, 4.69) is 28.1 Å². The predicted octanol–water partition coefficient (Wildman–Crippen LogP) is 6.81. The standard InChI is InChI=1S/C35H26BrFN2O3S/c1-41-29-18-22(17-28(36)33(29)42-20-21-7-3-2-4-8-21)19-30-34(40)39-32(24-11-14-25(37)15-12-24)27-16-13-23-9-5-6-10-26(23)31(27)38-35(39)43-30/h2-12,14-15,17-19,32H,13,16,20H2,1H3/b30-19+/t32-/m1/s1. The van der Waals surface area contributed by atoms with Crippen LogP contribution in [-0.2, 0) is 13.0 Å². The van der Waals surface area contributed by atoms with Gasteiger partial charge in [0.15, 0.2) is 16.3 Å².